The molecule has 30 heavy (non-hydrogen) atoms. The highest BCUT2D eigenvalue weighted by atomic mass is 79.9. The maximum absolute atomic E-state index is 6.75. The van der Waals surface area contributed by atoms with Crippen molar-refractivity contribution in [3.05, 3.63) is 88.3 Å². The lowest BCUT2D eigenvalue weighted by Gasteiger charge is -2.50. The van der Waals surface area contributed by atoms with E-state index in [2.05, 4.69) is 69.5 Å². The first-order chi connectivity index (χ1) is 14.7. The molecule has 1 saturated carbocycles. The average Bonchev–Trinajstić information content (AvgIpc) is 3.46. The smallest absolute Gasteiger partial charge is 0.198 e. The van der Waals surface area contributed by atoms with E-state index >= 15 is 0 Å². The van der Waals surface area contributed by atoms with Crippen molar-refractivity contribution < 1.29 is 9.15 Å². The first-order valence-electron chi connectivity index (χ1n) is 10.7. The summed E-state index contributed by atoms with van der Waals surface area (Å²) in [7, 11) is 0. The second kappa shape index (κ2) is 7.02. The summed E-state index contributed by atoms with van der Waals surface area (Å²) in [6, 6.07) is 21.3. The number of nitrogens with zero attached hydrogens (tertiary/aromatic N) is 2. The predicted octanol–water partition coefficient (Wildman–Crippen LogP) is 6.64. The summed E-state index contributed by atoms with van der Waals surface area (Å²) in [5.74, 6) is 2.43. The molecule has 1 spiro atoms. The number of rotatable bonds is 2. The molecule has 1 fully saturated rings. The highest BCUT2D eigenvalue weighted by molar-refractivity contribution is 9.10. The molecule has 0 radical (unpaired) electrons. The largest absolute Gasteiger partial charge is 0.466 e. The number of hydrogen-bond acceptors (Lipinski definition) is 4. The molecule has 1 aromatic heterocycles. The molecule has 5 heteroatoms. The van der Waals surface area contributed by atoms with Crippen LogP contribution in [-0.2, 0) is 0 Å². The summed E-state index contributed by atoms with van der Waals surface area (Å²) in [4.78, 5) is 0. The van der Waals surface area contributed by atoms with Crippen LogP contribution in [0.3, 0.4) is 0 Å². The van der Waals surface area contributed by atoms with Crippen molar-refractivity contribution in [3.8, 4) is 5.75 Å². The molecule has 1 atom stereocenters. The van der Waals surface area contributed by atoms with Crippen LogP contribution in [0.2, 0.25) is 0 Å². The van der Waals surface area contributed by atoms with Crippen LogP contribution in [0.5, 0.6) is 5.75 Å². The van der Waals surface area contributed by atoms with Crippen molar-refractivity contribution in [1.29, 1.82) is 0 Å². The van der Waals surface area contributed by atoms with E-state index < -0.39 is 0 Å². The summed E-state index contributed by atoms with van der Waals surface area (Å²) < 4.78 is 13.5. The van der Waals surface area contributed by atoms with E-state index in [1.165, 1.54) is 11.1 Å². The van der Waals surface area contributed by atoms with Crippen LogP contribution >= 0.6 is 15.9 Å². The molecule has 0 bridgehead atoms. The number of furan rings is 1. The summed E-state index contributed by atoms with van der Waals surface area (Å²) >= 11 is 3.63. The highest BCUT2D eigenvalue weighted by Gasteiger charge is 2.52. The van der Waals surface area contributed by atoms with Crippen molar-refractivity contribution in [2.45, 2.75) is 49.8 Å². The Kier molecular flexibility index (Phi) is 4.27. The van der Waals surface area contributed by atoms with Gasteiger partial charge in [-0.05, 0) is 54.7 Å². The van der Waals surface area contributed by atoms with E-state index in [1.54, 1.807) is 6.26 Å². The predicted molar refractivity (Wildman–Crippen MR) is 120 cm³/mol. The number of hydrogen-bond donors (Lipinski definition) is 0. The maximum atomic E-state index is 6.75. The Bertz CT molecular complexity index is 1090. The molecular weight excluding hydrogens is 440 g/mol. The molecule has 2 aliphatic heterocycles. The van der Waals surface area contributed by atoms with Gasteiger partial charge >= 0.3 is 0 Å². The van der Waals surface area contributed by atoms with Crippen LogP contribution in [0.15, 0.2) is 80.9 Å². The average molecular weight is 463 g/mol. The third kappa shape index (κ3) is 2.90. The second-order valence-corrected chi connectivity index (χ2v) is 9.42. The lowest BCUT2D eigenvalue weighted by atomic mass is 9.78. The lowest BCUT2D eigenvalue weighted by molar-refractivity contribution is -0.142. The van der Waals surface area contributed by atoms with E-state index in [-0.39, 0.29) is 11.8 Å². The van der Waals surface area contributed by atoms with Gasteiger partial charge in [0.15, 0.2) is 5.72 Å². The quantitative estimate of drug-likeness (QED) is 0.428. The van der Waals surface area contributed by atoms with E-state index in [9.17, 15) is 0 Å². The standard InChI is InChI=1S/C25H23BrN2O2/c26-19-8-9-23-20(15-19)22-16-21(24-7-4-14-29-24)27-28(22)25(30-23)12-10-18(11-13-25)17-5-2-1-3-6-17/h1-9,14-15,18,22H,10-13,16H2. The molecule has 2 aromatic carbocycles. The second-order valence-electron chi connectivity index (χ2n) is 8.50. The van der Waals surface area contributed by atoms with Crippen LogP contribution in [0.1, 0.15) is 61.0 Å². The number of ether oxygens (including phenoxy) is 1. The van der Waals surface area contributed by atoms with Crippen molar-refractivity contribution in [3.63, 3.8) is 0 Å². The van der Waals surface area contributed by atoms with Gasteiger partial charge in [-0.1, -0.05) is 46.3 Å². The minimum atomic E-state index is -0.384. The molecule has 3 aromatic rings. The fraction of sp³-hybridized carbons (Fsp3) is 0.320. The number of fused-ring (bicyclic) bond motifs is 4. The zero-order valence-corrected chi connectivity index (χ0v) is 18.2. The summed E-state index contributed by atoms with van der Waals surface area (Å²) in [5, 5.41) is 7.32. The maximum Gasteiger partial charge on any atom is 0.198 e. The normalized spacial score (nSPS) is 27.4. The topological polar surface area (TPSA) is 38.0 Å². The number of hydrazone groups is 1. The van der Waals surface area contributed by atoms with E-state index in [1.807, 2.05) is 12.1 Å². The third-order valence-electron chi connectivity index (χ3n) is 6.80. The molecule has 0 saturated heterocycles. The third-order valence-corrected chi connectivity index (χ3v) is 7.30. The molecule has 152 valence electrons. The van der Waals surface area contributed by atoms with Gasteiger partial charge in [-0.25, -0.2) is 5.01 Å². The van der Waals surface area contributed by atoms with Crippen LogP contribution in [0.25, 0.3) is 0 Å². The van der Waals surface area contributed by atoms with E-state index in [0.29, 0.717) is 5.92 Å². The molecule has 4 nitrogen and oxygen atoms in total. The van der Waals surface area contributed by atoms with Gasteiger partial charge in [0, 0.05) is 29.3 Å². The first kappa shape index (κ1) is 18.3. The fourth-order valence-electron chi connectivity index (χ4n) is 5.30. The summed E-state index contributed by atoms with van der Waals surface area (Å²) in [5.41, 5.74) is 3.26. The van der Waals surface area contributed by atoms with Crippen LogP contribution in [0, 0.1) is 0 Å². The van der Waals surface area contributed by atoms with Gasteiger partial charge in [-0.15, -0.1) is 0 Å². The van der Waals surface area contributed by atoms with Gasteiger partial charge < -0.3 is 9.15 Å². The molecule has 1 aliphatic carbocycles. The Balaban J connectivity index is 1.36. The SMILES string of the molecule is Brc1ccc2c(c1)C1CC(c3ccco3)=NN1C1(CCC(c3ccccc3)CC1)O2. The van der Waals surface area contributed by atoms with Gasteiger partial charge in [0.25, 0.3) is 0 Å². The molecule has 3 aliphatic rings. The van der Waals surface area contributed by atoms with E-state index in [0.717, 1.165) is 53.8 Å². The number of halogens is 1. The zero-order chi connectivity index (χ0) is 20.1. The minimum absolute atomic E-state index is 0.180. The van der Waals surface area contributed by atoms with Gasteiger partial charge in [-0.3, -0.25) is 0 Å². The van der Waals surface area contributed by atoms with E-state index in [4.69, 9.17) is 14.3 Å². The zero-order valence-electron chi connectivity index (χ0n) is 16.6. The Hall–Kier alpha value is -2.53. The van der Waals surface area contributed by atoms with Crippen molar-refractivity contribution in [1.82, 2.24) is 5.01 Å². The van der Waals surface area contributed by atoms with Gasteiger partial charge in [-0.2, -0.15) is 5.10 Å². The van der Waals surface area contributed by atoms with Gasteiger partial charge in [0.2, 0.25) is 0 Å². The molecule has 0 N–H and O–H groups in total. The van der Waals surface area contributed by atoms with Gasteiger partial charge in [0.1, 0.15) is 17.2 Å². The summed E-state index contributed by atoms with van der Waals surface area (Å²) in [6.07, 6.45) is 6.69. The summed E-state index contributed by atoms with van der Waals surface area (Å²) in [6.45, 7) is 0. The first-order valence-corrected chi connectivity index (χ1v) is 11.5. The van der Waals surface area contributed by atoms with Crippen LogP contribution in [-0.4, -0.2) is 16.4 Å². The molecule has 1 unspecified atom stereocenters. The van der Waals surface area contributed by atoms with Crippen LogP contribution in [0.4, 0.5) is 0 Å². The molecular formula is C25H23BrN2O2. The highest BCUT2D eigenvalue weighted by Crippen LogP contribution is 2.53. The van der Waals surface area contributed by atoms with Crippen LogP contribution < -0.4 is 4.74 Å². The number of benzene rings is 2. The molecule has 3 heterocycles. The molecule has 0 amide bonds. The minimum Gasteiger partial charge on any atom is -0.466 e. The Morgan fingerprint density at radius 1 is 1.00 bits per heavy atom. The lowest BCUT2D eigenvalue weighted by Crippen LogP contribution is -2.55. The Morgan fingerprint density at radius 2 is 1.83 bits per heavy atom. The Labute approximate surface area is 184 Å². The molecule has 6 rings (SSSR count). The van der Waals surface area contributed by atoms with Crippen molar-refractivity contribution in [2.24, 2.45) is 5.10 Å². The van der Waals surface area contributed by atoms with Crippen molar-refractivity contribution >= 4 is 21.6 Å². The Morgan fingerprint density at radius 3 is 2.60 bits per heavy atom. The van der Waals surface area contributed by atoms with Gasteiger partial charge in [0.05, 0.1) is 12.3 Å². The fourth-order valence-corrected chi connectivity index (χ4v) is 5.68. The monoisotopic (exact) mass is 462 g/mol. The van der Waals surface area contributed by atoms with Crippen molar-refractivity contribution in [2.75, 3.05) is 0 Å².